The number of aromatic nitrogens is 4. The van der Waals surface area contributed by atoms with Gasteiger partial charge in [-0.2, -0.15) is 0 Å². The standard InChI is InChI=1S/C40H42N8O6S2.C3H8/c1-4-16-47(35(49)22-43-39(51)53-2)23-34-41-21-28(44-34)31-19-33-32(56-31)18-30(55-33)25-14-12-24(13-15-25)27-20-42-37(45-27)29-11-8-17-48(29)38(50)36(46-40(52)54-3)26-9-6-5-7-10-26;1-3-2/h5-7,9-10,12-15,18-21,29,36H,4,8,11,16-17,22-23H2,1-3H3,(H,41,44)(H,42,45)(H,43,51)(H,46,52);3H2,1-2H3/t29?,36-;/m1./s1. The van der Waals surface area contributed by atoms with Gasteiger partial charge in [-0.15, -0.1) is 22.7 Å². The van der Waals surface area contributed by atoms with Crippen LogP contribution in [0.2, 0.25) is 0 Å². The minimum atomic E-state index is -0.876. The number of hydrogen-bond acceptors (Lipinski definition) is 10. The number of ether oxygens (including phenoxy) is 2. The van der Waals surface area contributed by atoms with Crippen LogP contribution in [-0.2, 0) is 25.6 Å². The summed E-state index contributed by atoms with van der Waals surface area (Å²) in [4.78, 5) is 71.9. The summed E-state index contributed by atoms with van der Waals surface area (Å²) in [5.41, 5.74) is 4.50. The predicted octanol–water partition coefficient (Wildman–Crippen LogP) is 8.68. The first-order valence-corrected chi connectivity index (χ1v) is 21.3. The zero-order valence-electron chi connectivity index (χ0n) is 33.9. The Labute approximate surface area is 351 Å². The van der Waals surface area contributed by atoms with Crippen LogP contribution in [0, 0.1) is 0 Å². The quantitative estimate of drug-likeness (QED) is 0.0894. The van der Waals surface area contributed by atoms with Crippen molar-refractivity contribution >= 4 is 56.1 Å². The van der Waals surface area contributed by atoms with Gasteiger partial charge in [-0.3, -0.25) is 9.59 Å². The number of nitrogens with one attached hydrogen (secondary N) is 4. The number of methoxy groups -OCH3 is 2. The normalized spacial score (nSPS) is 14.0. The Morgan fingerprint density at radius 2 is 1.53 bits per heavy atom. The number of fused-ring (bicyclic) bond motifs is 1. The predicted molar refractivity (Wildman–Crippen MR) is 231 cm³/mol. The number of carbonyl (C=O) groups excluding carboxylic acids is 4. The molecule has 0 bridgehead atoms. The van der Waals surface area contributed by atoms with E-state index in [4.69, 9.17) is 9.72 Å². The van der Waals surface area contributed by atoms with Gasteiger partial charge >= 0.3 is 12.2 Å². The van der Waals surface area contributed by atoms with Crippen LogP contribution in [-0.4, -0.2) is 87.6 Å². The number of nitrogens with zero attached hydrogens (tertiary/aromatic N) is 4. The summed E-state index contributed by atoms with van der Waals surface area (Å²) < 4.78 is 11.7. The number of aromatic amines is 2. The van der Waals surface area contributed by atoms with Crippen molar-refractivity contribution in [1.82, 2.24) is 40.4 Å². The molecule has 2 aromatic carbocycles. The third kappa shape index (κ3) is 10.4. The third-order valence-corrected chi connectivity index (χ3v) is 12.0. The summed E-state index contributed by atoms with van der Waals surface area (Å²) in [6.45, 7) is 7.50. The van der Waals surface area contributed by atoms with Crippen LogP contribution in [0.4, 0.5) is 9.59 Å². The average Bonchev–Trinajstić information content (AvgIpc) is 4.11. The molecule has 1 aliphatic rings. The van der Waals surface area contributed by atoms with Gasteiger partial charge in [0, 0.05) is 27.4 Å². The maximum atomic E-state index is 13.9. The van der Waals surface area contributed by atoms with Gasteiger partial charge in [-0.25, -0.2) is 19.6 Å². The average molecular weight is 839 g/mol. The number of likely N-dealkylation sites (tertiary alicyclic amines) is 1. The van der Waals surface area contributed by atoms with Gasteiger partial charge in [-0.1, -0.05) is 81.8 Å². The van der Waals surface area contributed by atoms with Crippen LogP contribution in [0.15, 0.2) is 79.1 Å². The summed E-state index contributed by atoms with van der Waals surface area (Å²) in [6, 6.07) is 20.8. The lowest BCUT2D eigenvalue weighted by Crippen LogP contribution is -2.42. The van der Waals surface area contributed by atoms with Crippen molar-refractivity contribution in [3.63, 3.8) is 0 Å². The Morgan fingerprint density at radius 3 is 2.22 bits per heavy atom. The van der Waals surface area contributed by atoms with Crippen LogP contribution in [0.25, 0.3) is 41.7 Å². The van der Waals surface area contributed by atoms with Crippen LogP contribution < -0.4 is 10.6 Å². The highest BCUT2D eigenvalue weighted by Crippen LogP contribution is 2.42. The van der Waals surface area contributed by atoms with E-state index in [2.05, 4.69) is 80.6 Å². The topological polar surface area (TPSA) is 175 Å². The molecule has 14 nitrogen and oxygen atoms in total. The van der Waals surface area contributed by atoms with Crippen molar-refractivity contribution in [2.45, 2.75) is 65.1 Å². The van der Waals surface area contributed by atoms with Gasteiger partial charge < -0.3 is 39.9 Å². The van der Waals surface area contributed by atoms with Crippen LogP contribution >= 0.6 is 22.7 Å². The molecule has 16 heteroatoms. The first-order valence-electron chi connectivity index (χ1n) is 19.7. The number of carbonyl (C=O) groups is 4. The summed E-state index contributed by atoms with van der Waals surface area (Å²) in [7, 11) is 2.54. The van der Waals surface area contributed by atoms with E-state index in [9.17, 15) is 19.2 Å². The molecule has 4 N–H and O–H groups in total. The summed E-state index contributed by atoms with van der Waals surface area (Å²) in [6.07, 6.45) is 5.88. The molecule has 4 amide bonds. The minimum absolute atomic E-state index is 0.143. The van der Waals surface area contributed by atoms with E-state index in [1.807, 2.05) is 37.3 Å². The van der Waals surface area contributed by atoms with Crippen molar-refractivity contribution in [2.75, 3.05) is 33.9 Å². The number of thiophene rings is 2. The molecular formula is C43H50N8O6S2. The number of benzene rings is 2. The zero-order valence-corrected chi connectivity index (χ0v) is 35.5. The Balaban J connectivity index is 0.00000189. The lowest BCUT2D eigenvalue weighted by molar-refractivity contribution is -0.134. The molecule has 1 saturated heterocycles. The van der Waals surface area contributed by atoms with Crippen LogP contribution in [0.3, 0.4) is 0 Å². The van der Waals surface area contributed by atoms with Crippen molar-refractivity contribution in [3.05, 3.63) is 96.3 Å². The van der Waals surface area contributed by atoms with Gasteiger partial charge in [0.1, 0.15) is 24.2 Å². The molecule has 0 saturated carbocycles. The van der Waals surface area contributed by atoms with E-state index in [0.29, 0.717) is 36.8 Å². The largest absolute Gasteiger partial charge is 0.453 e. The van der Waals surface area contributed by atoms with Crippen molar-refractivity contribution < 1.29 is 28.7 Å². The minimum Gasteiger partial charge on any atom is -0.453 e. The maximum Gasteiger partial charge on any atom is 0.407 e. The highest BCUT2D eigenvalue weighted by molar-refractivity contribution is 7.31. The fourth-order valence-electron chi connectivity index (χ4n) is 6.81. The number of alkyl carbamates (subject to hydrolysis) is 2. The first-order chi connectivity index (χ1) is 28.7. The van der Waals surface area contributed by atoms with E-state index >= 15 is 0 Å². The Morgan fingerprint density at radius 1 is 0.864 bits per heavy atom. The van der Waals surface area contributed by atoms with Gasteiger partial charge in [0.25, 0.3) is 5.91 Å². The van der Waals surface area contributed by atoms with E-state index in [1.165, 1.54) is 30.0 Å². The lowest BCUT2D eigenvalue weighted by atomic mass is 10.1. The number of amides is 4. The van der Waals surface area contributed by atoms with Gasteiger partial charge in [0.2, 0.25) is 5.91 Å². The summed E-state index contributed by atoms with van der Waals surface area (Å²) >= 11 is 3.40. The number of rotatable bonds is 13. The summed E-state index contributed by atoms with van der Waals surface area (Å²) in [5.74, 6) is 0.952. The van der Waals surface area contributed by atoms with Gasteiger partial charge in [0.15, 0.2) is 0 Å². The highest BCUT2D eigenvalue weighted by atomic mass is 32.1. The third-order valence-electron chi connectivity index (χ3n) is 9.61. The molecule has 0 radical (unpaired) electrons. The molecule has 5 heterocycles. The molecule has 310 valence electrons. The molecule has 59 heavy (non-hydrogen) atoms. The zero-order chi connectivity index (χ0) is 41.9. The monoisotopic (exact) mass is 838 g/mol. The molecule has 2 atom stereocenters. The first kappa shape index (κ1) is 42.6. The fraction of sp³-hybridized carbons (Fsp3) is 0.349. The van der Waals surface area contributed by atoms with Gasteiger partial charge in [0.05, 0.1) is 55.5 Å². The smallest absolute Gasteiger partial charge is 0.407 e. The molecule has 6 aromatic rings. The van der Waals surface area contributed by atoms with E-state index in [-0.39, 0.29) is 24.4 Å². The molecule has 4 aromatic heterocycles. The van der Waals surface area contributed by atoms with Crippen LogP contribution in [0.5, 0.6) is 0 Å². The second kappa shape index (κ2) is 20.1. The van der Waals surface area contributed by atoms with Crippen molar-refractivity contribution in [2.24, 2.45) is 0 Å². The second-order valence-corrected chi connectivity index (χ2v) is 16.2. The number of H-pyrrole nitrogens is 2. The lowest BCUT2D eigenvalue weighted by Gasteiger charge is -2.28. The molecule has 1 unspecified atom stereocenters. The van der Waals surface area contributed by atoms with Crippen LogP contribution in [0.1, 0.15) is 75.8 Å². The van der Waals surface area contributed by atoms with Crippen molar-refractivity contribution in [3.8, 4) is 32.3 Å². The molecule has 0 aliphatic carbocycles. The van der Waals surface area contributed by atoms with Gasteiger partial charge in [-0.05, 0) is 48.1 Å². The van der Waals surface area contributed by atoms with E-state index < -0.39 is 18.2 Å². The number of imidazole rings is 2. The molecule has 0 spiro atoms. The van der Waals surface area contributed by atoms with E-state index in [0.717, 1.165) is 51.5 Å². The SMILES string of the molecule is CCC.CCCN(Cc1ncc(-c2cc3sc(-c4ccc(-c5cnc(C6CCCN6C(=O)[C@H](NC(=O)OC)c6ccccc6)[nH]5)cc4)cc3s2)[nH]1)C(=O)CNC(=O)OC. The van der Waals surface area contributed by atoms with Crippen molar-refractivity contribution in [1.29, 1.82) is 0 Å². The highest BCUT2D eigenvalue weighted by Gasteiger charge is 2.37. The van der Waals surface area contributed by atoms with E-state index in [1.54, 1.807) is 44.9 Å². The summed E-state index contributed by atoms with van der Waals surface area (Å²) in [5, 5.41) is 5.16. The Hall–Kier alpha value is -6.00. The fourth-order valence-corrected chi connectivity index (χ4v) is 9.18. The molecule has 1 aliphatic heterocycles. The maximum absolute atomic E-state index is 13.9. The number of hydrogen-bond donors (Lipinski definition) is 4. The Kier molecular flexibility index (Phi) is 14.5. The second-order valence-electron chi connectivity index (χ2n) is 14.0. The molecular weight excluding hydrogens is 789 g/mol. The Bertz CT molecular complexity index is 2300. The molecule has 1 fully saturated rings. The molecule has 7 rings (SSSR count).